The summed E-state index contributed by atoms with van der Waals surface area (Å²) in [5.41, 5.74) is 5.83. The van der Waals surface area contributed by atoms with E-state index in [0.29, 0.717) is 24.0 Å². The minimum absolute atomic E-state index is 0.0392. The van der Waals surface area contributed by atoms with Crippen LogP contribution in [0.2, 0.25) is 10.0 Å². The first-order valence-corrected chi connectivity index (χ1v) is 7.76. The zero-order valence-corrected chi connectivity index (χ0v) is 12.2. The first-order chi connectivity index (χ1) is 8.32. The van der Waals surface area contributed by atoms with E-state index in [1.165, 1.54) is 16.4 Å². The Labute approximate surface area is 117 Å². The summed E-state index contributed by atoms with van der Waals surface area (Å²) < 4.78 is 26.3. The molecule has 1 heterocycles. The quantitative estimate of drug-likeness (QED) is 0.854. The van der Waals surface area contributed by atoms with Crippen LogP contribution < -0.4 is 5.73 Å². The third kappa shape index (κ3) is 2.45. The molecule has 1 aromatic carbocycles. The fourth-order valence-electron chi connectivity index (χ4n) is 2.09. The van der Waals surface area contributed by atoms with Crippen LogP contribution in [0.15, 0.2) is 17.0 Å². The molecule has 0 saturated carbocycles. The van der Waals surface area contributed by atoms with Gasteiger partial charge in [0.1, 0.15) is 4.90 Å². The summed E-state index contributed by atoms with van der Waals surface area (Å²) in [6.07, 6.45) is 0.852. The first-order valence-electron chi connectivity index (χ1n) is 5.57. The first kappa shape index (κ1) is 13.9. The smallest absolute Gasteiger partial charge is 0.246 e. The molecule has 1 fully saturated rings. The fourth-order valence-corrected chi connectivity index (χ4v) is 4.61. The van der Waals surface area contributed by atoms with Crippen LogP contribution in [0.3, 0.4) is 0 Å². The number of nitrogens with zero attached hydrogens (tertiary/aromatic N) is 1. The number of hydrogen-bond acceptors (Lipinski definition) is 3. The van der Waals surface area contributed by atoms with Crippen LogP contribution in [0.5, 0.6) is 0 Å². The summed E-state index contributed by atoms with van der Waals surface area (Å²) in [7, 11) is -3.63. The van der Waals surface area contributed by atoms with Crippen molar-refractivity contribution in [1.82, 2.24) is 4.31 Å². The van der Waals surface area contributed by atoms with E-state index in [1.54, 1.807) is 0 Å². The van der Waals surface area contributed by atoms with Crippen molar-refractivity contribution in [2.24, 2.45) is 5.92 Å². The van der Waals surface area contributed by atoms with Gasteiger partial charge in [-0.05, 0) is 24.5 Å². The number of sulfonamides is 1. The van der Waals surface area contributed by atoms with E-state index in [2.05, 4.69) is 0 Å². The average Bonchev–Trinajstić information content (AvgIpc) is 2.63. The van der Waals surface area contributed by atoms with Crippen LogP contribution in [-0.2, 0) is 10.0 Å². The van der Waals surface area contributed by atoms with Gasteiger partial charge >= 0.3 is 0 Å². The molecule has 4 nitrogen and oxygen atoms in total. The lowest BCUT2D eigenvalue weighted by Crippen LogP contribution is -2.29. The minimum atomic E-state index is -3.63. The molecule has 1 unspecified atom stereocenters. The molecule has 0 amide bonds. The number of nitrogen functional groups attached to an aromatic ring is 1. The summed E-state index contributed by atoms with van der Waals surface area (Å²) in [6.45, 7) is 3.02. The molecule has 0 radical (unpaired) electrons. The molecule has 2 rings (SSSR count). The molecule has 1 aromatic rings. The monoisotopic (exact) mass is 308 g/mol. The molecule has 1 aliphatic heterocycles. The molecule has 1 saturated heterocycles. The van der Waals surface area contributed by atoms with E-state index in [9.17, 15) is 8.42 Å². The van der Waals surface area contributed by atoms with Gasteiger partial charge in [-0.25, -0.2) is 8.42 Å². The topological polar surface area (TPSA) is 63.4 Å². The Morgan fingerprint density at radius 1 is 1.39 bits per heavy atom. The van der Waals surface area contributed by atoms with Crippen molar-refractivity contribution in [3.63, 3.8) is 0 Å². The summed E-state index contributed by atoms with van der Waals surface area (Å²) in [5, 5.41) is 0.394. The van der Waals surface area contributed by atoms with Crippen molar-refractivity contribution in [3.05, 3.63) is 22.2 Å². The molecule has 0 bridgehead atoms. The summed E-state index contributed by atoms with van der Waals surface area (Å²) in [5.74, 6) is 0.354. The van der Waals surface area contributed by atoms with Gasteiger partial charge in [0, 0.05) is 18.1 Å². The summed E-state index contributed by atoms with van der Waals surface area (Å²) >= 11 is 11.7. The molecule has 18 heavy (non-hydrogen) atoms. The van der Waals surface area contributed by atoms with Gasteiger partial charge in [0.05, 0.1) is 10.7 Å². The van der Waals surface area contributed by atoms with Crippen LogP contribution in [0.1, 0.15) is 13.3 Å². The molecular weight excluding hydrogens is 295 g/mol. The van der Waals surface area contributed by atoms with Crippen molar-refractivity contribution in [3.8, 4) is 0 Å². The normalized spacial score (nSPS) is 21.4. The fraction of sp³-hybridized carbons (Fsp3) is 0.455. The lowest BCUT2D eigenvalue weighted by molar-refractivity contribution is 0.465. The average molecular weight is 309 g/mol. The van der Waals surface area contributed by atoms with Gasteiger partial charge in [-0.1, -0.05) is 30.1 Å². The van der Waals surface area contributed by atoms with Crippen LogP contribution in [0.4, 0.5) is 5.69 Å². The van der Waals surface area contributed by atoms with Crippen LogP contribution in [0, 0.1) is 5.92 Å². The van der Waals surface area contributed by atoms with Crippen LogP contribution >= 0.6 is 23.2 Å². The lowest BCUT2D eigenvalue weighted by atomic mass is 10.2. The van der Waals surface area contributed by atoms with Crippen molar-refractivity contribution in [2.45, 2.75) is 18.2 Å². The van der Waals surface area contributed by atoms with Gasteiger partial charge in [0.25, 0.3) is 0 Å². The number of anilines is 1. The van der Waals surface area contributed by atoms with Crippen molar-refractivity contribution in [1.29, 1.82) is 0 Å². The molecule has 0 spiro atoms. The van der Waals surface area contributed by atoms with E-state index in [0.717, 1.165) is 6.42 Å². The lowest BCUT2D eigenvalue weighted by Gasteiger charge is -2.18. The maximum atomic E-state index is 12.5. The van der Waals surface area contributed by atoms with Gasteiger partial charge in [-0.2, -0.15) is 4.31 Å². The second-order valence-corrected chi connectivity index (χ2v) is 7.28. The molecule has 0 aliphatic carbocycles. The molecule has 1 atom stereocenters. The van der Waals surface area contributed by atoms with Gasteiger partial charge in [0.2, 0.25) is 10.0 Å². The van der Waals surface area contributed by atoms with E-state index in [4.69, 9.17) is 28.9 Å². The second-order valence-electron chi connectivity index (χ2n) is 4.56. The summed E-state index contributed by atoms with van der Waals surface area (Å²) in [6, 6.07) is 2.80. The van der Waals surface area contributed by atoms with Gasteiger partial charge < -0.3 is 5.73 Å². The Kier molecular flexibility index (Phi) is 3.78. The Balaban J connectivity index is 2.48. The molecule has 100 valence electrons. The maximum absolute atomic E-state index is 12.5. The van der Waals surface area contributed by atoms with E-state index in [-0.39, 0.29) is 15.6 Å². The predicted octanol–water partition coefficient (Wildman–Crippen LogP) is 2.61. The minimum Gasteiger partial charge on any atom is -0.398 e. The van der Waals surface area contributed by atoms with Crippen molar-refractivity contribution < 1.29 is 8.42 Å². The van der Waals surface area contributed by atoms with Crippen LogP contribution in [-0.4, -0.2) is 25.8 Å². The third-order valence-corrected chi connectivity index (χ3v) is 5.63. The van der Waals surface area contributed by atoms with Gasteiger partial charge in [0.15, 0.2) is 0 Å². The Hall–Kier alpha value is -0.490. The highest BCUT2D eigenvalue weighted by molar-refractivity contribution is 7.89. The van der Waals surface area contributed by atoms with E-state index < -0.39 is 10.0 Å². The highest BCUT2D eigenvalue weighted by atomic mass is 35.5. The summed E-state index contributed by atoms with van der Waals surface area (Å²) in [4.78, 5) is -0.0392. The second kappa shape index (κ2) is 4.89. The van der Waals surface area contributed by atoms with Crippen molar-refractivity contribution in [2.75, 3.05) is 18.8 Å². The van der Waals surface area contributed by atoms with Crippen molar-refractivity contribution >= 4 is 38.9 Å². The van der Waals surface area contributed by atoms with E-state index in [1.807, 2.05) is 6.92 Å². The number of benzene rings is 1. The standard InChI is InChI=1S/C11H14Cl2N2O2S/c1-7-2-3-15(6-7)18(16,17)11-9(13)4-8(12)5-10(11)14/h4-5,7H,2-3,6,14H2,1H3. The zero-order valence-electron chi connectivity index (χ0n) is 9.86. The highest BCUT2D eigenvalue weighted by Crippen LogP contribution is 2.34. The number of hydrogen-bond donors (Lipinski definition) is 1. The molecule has 7 heteroatoms. The molecule has 2 N–H and O–H groups in total. The number of rotatable bonds is 2. The zero-order chi connectivity index (χ0) is 13.5. The Morgan fingerprint density at radius 2 is 2.06 bits per heavy atom. The largest absolute Gasteiger partial charge is 0.398 e. The third-order valence-electron chi connectivity index (χ3n) is 3.02. The Bertz CT molecular complexity index is 551. The number of nitrogens with two attached hydrogens (primary N) is 1. The Morgan fingerprint density at radius 3 is 2.56 bits per heavy atom. The van der Waals surface area contributed by atoms with Gasteiger partial charge in [-0.15, -0.1) is 0 Å². The number of halogens is 2. The SMILES string of the molecule is CC1CCN(S(=O)(=O)c2c(N)cc(Cl)cc2Cl)C1. The molecule has 0 aromatic heterocycles. The van der Waals surface area contributed by atoms with Crippen LogP contribution in [0.25, 0.3) is 0 Å². The molecular formula is C11H14Cl2N2O2S. The predicted molar refractivity (Wildman–Crippen MR) is 73.4 cm³/mol. The molecule has 1 aliphatic rings. The highest BCUT2D eigenvalue weighted by Gasteiger charge is 2.33. The van der Waals surface area contributed by atoms with Gasteiger partial charge in [-0.3, -0.25) is 0 Å². The maximum Gasteiger partial charge on any atom is 0.246 e. The van der Waals surface area contributed by atoms with E-state index >= 15 is 0 Å².